The number of carbonyl (C=O) groups excluding carboxylic acids is 1. The molecule has 27 heavy (non-hydrogen) atoms. The first kappa shape index (κ1) is 19.2. The first-order valence-corrected chi connectivity index (χ1v) is 9.72. The largest absolute Gasteiger partial charge is 0.332 e. The molecule has 0 atom stereocenters. The van der Waals surface area contributed by atoms with Crippen molar-refractivity contribution >= 4 is 17.2 Å². The van der Waals surface area contributed by atoms with Crippen LogP contribution < -0.4 is 0 Å². The van der Waals surface area contributed by atoms with E-state index in [1.165, 1.54) is 11.3 Å². The number of hydrogen-bond donors (Lipinski definition) is 0. The Morgan fingerprint density at radius 2 is 1.85 bits per heavy atom. The van der Waals surface area contributed by atoms with Gasteiger partial charge in [-0.2, -0.15) is 0 Å². The van der Waals surface area contributed by atoms with Gasteiger partial charge in [-0.3, -0.25) is 9.78 Å². The second-order valence-electron chi connectivity index (χ2n) is 6.69. The van der Waals surface area contributed by atoms with Crippen molar-refractivity contribution in [2.75, 3.05) is 27.2 Å². The van der Waals surface area contributed by atoms with Crippen LogP contribution in [0.1, 0.15) is 20.9 Å². The van der Waals surface area contributed by atoms with Crippen LogP contribution in [-0.4, -0.2) is 52.9 Å². The van der Waals surface area contributed by atoms with Gasteiger partial charge in [-0.25, -0.2) is 4.98 Å². The van der Waals surface area contributed by atoms with Crippen LogP contribution in [0.4, 0.5) is 0 Å². The van der Waals surface area contributed by atoms with E-state index in [-0.39, 0.29) is 5.91 Å². The van der Waals surface area contributed by atoms with Crippen LogP contribution in [0, 0.1) is 6.92 Å². The van der Waals surface area contributed by atoms with Crippen LogP contribution >= 0.6 is 11.3 Å². The number of benzene rings is 1. The quantitative estimate of drug-likeness (QED) is 0.627. The Hall–Kier alpha value is -2.57. The number of nitrogens with zero attached hydrogens (tertiary/aromatic N) is 4. The molecule has 0 spiro atoms. The second-order valence-corrected chi connectivity index (χ2v) is 7.69. The van der Waals surface area contributed by atoms with Crippen molar-refractivity contribution in [3.8, 4) is 10.6 Å². The standard InChI is InChI=1S/C21H24N4OS/c1-16-19(27-20(23-16)18-9-5-4-6-10-18)21(26)25(13-12-24(2)3)15-17-8-7-11-22-14-17/h4-11,14H,12-13,15H2,1-3H3. The number of carbonyl (C=O) groups is 1. The Balaban J connectivity index is 1.85. The average Bonchev–Trinajstić information content (AvgIpc) is 3.07. The predicted octanol–water partition coefficient (Wildman–Crippen LogP) is 3.72. The summed E-state index contributed by atoms with van der Waals surface area (Å²) in [5.41, 5.74) is 2.84. The highest BCUT2D eigenvalue weighted by Crippen LogP contribution is 2.29. The van der Waals surface area contributed by atoms with Gasteiger partial charge in [-0.1, -0.05) is 36.4 Å². The van der Waals surface area contributed by atoms with Gasteiger partial charge in [0.25, 0.3) is 5.91 Å². The molecule has 0 saturated carbocycles. The van der Waals surface area contributed by atoms with Crippen LogP contribution in [0.3, 0.4) is 0 Å². The lowest BCUT2D eigenvalue weighted by Crippen LogP contribution is -2.36. The molecule has 3 aromatic rings. The van der Waals surface area contributed by atoms with Gasteiger partial charge in [0.1, 0.15) is 9.88 Å². The van der Waals surface area contributed by atoms with E-state index in [4.69, 9.17) is 0 Å². The van der Waals surface area contributed by atoms with E-state index in [1.54, 1.807) is 6.20 Å². The molecule has 0 N–H and O–H groups in total. The van der Waals surface area contributed by atoms with E-state index in [1.807, 2.05) is 74.6 Å². The van der Waals surface area contributed by atoms with E-state index < -0.39 is 0 Å². The molecule has 0 saturated heterocycles. The third-order valence-electron chi connectivity index (χ3n) is 4.21. The number of rotatable bonds is 7. The van der Waals surface area contributed by atoms with E-state index in [2.05, 4.69) is 14.9 Å². The van der Waals surface area contributed by atoms with Crippen molar-refractivity contribution in [2.24, 2.45) is 0 Å². The zero-order valence-electron chi connectivity index (χ0n) is 15.9. The smallest absolute Gasteiger partial charge is 0.266 e. The van der Waals surface area contributed by atoms with E-state index >= 15 is 0 Å². The Kier molecular flexibility index (Phi) is 6.32. The fourth-order valence-corrected chi connectivity index (χ4v) is 3.77. The summed E-state index contributed by atoms with van der Waals surface area (Å²) in [6.07, 6.45) is 3.56. The van der Waals surface area contributed by atoms with Crippen molar-refractivity contribution in [1.29, 1.82) is 0 Å². The zero-order chi connectivity index (χ0) is 19.2. The first-order chi connectivity index (χ1) is 13.0. The Bertz CT molecular complexity index is 878. The molecule has 0 aliphatic heterocycles. The van der Waals surface area contributed by atoms with Gasteiger partial charge < -0.3 is 9.80 Å². The van der Waals surface area contributed by atoms with Gasteiger partial charge in [0.2, 0.25) is 0 Å². The number of aromatic nitrogens is 2. The Labute approximate surface area is 164 Å². The normalized spacial score (nSPS) is 11.0. The van der Waals surface area contributed by atoms with Crippen molar-refractivity contribution < 1.29 is 4.79 Å². The summed E-state index contributed by atoms with van der Waals surface area (Å²) in [7, 11) is 4.02. The van der Waals surface area contributed by atoms with E-state index in [0.29, 0.717) is 18.0 Å². The SMILES string of the molecule is Cc1nc(-c2ccccc2)sc1C(=O)N(CCN(C)C)Cc1cccnc1. The summed E-state index contributed by atoms with van der Waals surface area (Å²) in [6, 6.07) is 13.9. The summed E-state index contributed by atoms with van der Waals surface area (Å²) < 4.78 is 0. The molecule has 0 fully saturated rings. The topological polar surface area (TPSA) is 49.3 Å². The number of pyridine rings is 1. The molecule has 3 rings (SSSR count). The van der Waals surface area contributed by atoms with Crippen molar-refractivity contribution in [3.05, 3.63) is 71.0 Å². The number of aryl methyl sites for hydroxylation is 1. The predicted molar refractivity (Wildman–Crippen MR) is 110 cm³/mol. The monoisotopic (exact) mass is 380 g/mol. The molecule has 0 radical (unpaired) electrons. The molecule has 2 aromatic heterocycles. The minimum absolute atomic E-state index is 0.0258. The maximum absolute atomic E-state index is 13.3. The number of amides is 1. The minimum atomic E-state index is 0.0258. The van der Waals surface area contributed by atoms with Gasteiger partial charge in [-0.15, -0.1) is 11.3 Å². The van der Waals surface area contributed by atoms with Gasteiger partial charge >= 0.3 is 0 Å². The highest BCUT2D eigenvalue weighted by atomic mass is 32.1. The molecule has 5 nitrogen and oxygen atoms in total. The summed E-state index contributed by atoms with van der Waals surface area (Å²) in [5.74, 6) is 0.0258. The third kappa shape index (κ3) is 4.99. The molecule has 1 aromatic carbocycles. The second kappa shape index (κ2) is 8.88. The summed E-state index contributed by atoms with van der Waals surface area (Å²) in [5, 5.41) is 0.880. The average molecular weight is 381 g/mol. The fourth-order valence-electron chi connectivity index (χ4n) is 2.73. The lowest BCUT2D eigenvalue weighted by atomic mass is 10.2. The zero-order valence-corrected chi connectivity index (χ0v) is 16.7. The van der Waals surface area contributed by atoms with Gasteiger partial charge in [-0.05, 0) is 32.6 Å². The molecule has 1 amide bonds. The molecular formula is C21H24N4OS. The van der Waals surface area contributed by atoms with Crippen LogP contribution in [0.2, 0.25) is 0 Å². The minimum Gasteiger partial charge on any atom is -0.332 e. The maximum atomic E-state index is 13.3. The first-order valence-electron chi connectivity index (χ1n) is 8.90. The number of thiazole rings is 1. The highest BCUT2D eigenvalue weighted by Gasteiger charge is 2.22. The third-order valence-corrected chi connectivity index (χ3v) is 5.41. The van der Waals surface area contributed by atoms with Crippen molar-refractivity contribution in [3.63, 3.8) is 0 Å². The summed E-state index contributed by atoms with van der Waals surface area (Å²) >= 11 is 1.46. The van der Waals surface area contributed by atoms with Crippen LogP contribution in [-0.2, 0) is 6.54 Å². The molecule has 0 aliphatic carbocycles. The fraction of sp³-hybridized carbons (Fsp3) is 0.286. The van der Waals surface area contributed by atoms with Gasteiger partial charge in [0.05, 0.1) is 5.69 Å². The molecular weight excluding hydrogens is 356 g/mol. The van der Waals surface area contributed by atoms with E-state index in [0.717, 1.165) is 28.4 Å². The summed E-state index contributed by atoms with van der Waals surface area (Å²) in [4.78, 5) is 26.8. The molecule has 6 heteroatoms. The molecule has 0 bridgehead atoms. The number of likely N-dealkylation sites (N-methyl/N-ethyl adjacent to an activating group) is 1. The van der Waals surface area contributed by atoms with Crippen LogP contribution in [0.5, 0.6) is 0 Å². The van der Waals surface area contributed by atoms with Crippen LogP contribution in [0.15, 0.2) is 54.9 Å². The highest BCUT2D eigenvalue weighted by molar-refractivity contribution is 7.17. The van der Waals surface area contributed by atoms with Crippen molar-refractivity contribution in [1.82, 2.24) is 19.8 Å². The Morgan fingerprint density at radius 3 is 2.52 bits per heavy atom. The van der Waals surface area contributed by atoms with Gasteiger partial charge in [0, 0.05) is 37.6 Å². The molecule has 140 valence electrons. The van der Waals surface area contributed by atoms with Crippen molar-refractivity contribution in [2.45, 2.75) is 13.5 Å². The Morgan fingerprint density at radius 1 is 1.07 bits per heavy atom. The molecule has 0 unspecified atom stereocenters. The van der Waals surface area contributed by atoms with Crippen LogP contribution in [0.25, 0.3) is 10.6 Å². The summed E-state index contributed by atoms with van der Waals surface area (Å²) in [6.45, 7) is 3.90. The molecule has 2 heterocycles. The van der Waals surface area contributed by atoms with Gasteiger partial charge in [0.15, 0.2) is 0 Å². The molecule has 0 aliphatic rings. The maximum Gasteiger partial charge on any atom is 0.266 e. The lowest BCUT2D eigenvalue weighted by molar-refractivity contribution is 0.0736. The number of hydrogen-bond acceptors (Lipinski definition) is 5. The van der Waals surface area contributed by atoms with E-state index in [9.17, 15) is 4.79 Å². The lowest BCUT2D eigenvalue weighted by Gasteiger charge is -2.24.